The van der Waals surface area contributed by atoms with Gasteiger partial charge in [-0.25, -0.2) is 0 Å². The van der Waals surface area contributed by atoms with Crippen molar-refractivity contribution < 1.29 is 0 Å². The Morgan fingerprint density at radius 2 is 2.75 bits per heavy atom. The number of hydrogen-bond acceptors (Lipinski definition) is 2. The standard InChI is InChI=1S/C6H12NS/c1-2-3-6-7-4-5-8-6/h3,6-7H,2,4-5H2,1H3. The van der Waals surface area contributed by atoms with Gasteiger partial charge >= 0.3 is 0 Å². The van der Waals surface area contributed by atoms with Crippen LogP contribution in [0.2, 0.25) is 0 Å². The van der Waals surface area contributed by atoms with Crippen molar-refractivity contribution in [3.05, 3.63) is 6.42 Å². The molecule has 1 heterocycles. The van der Waals surface area contributed by atoms with Gasteiger partial charge in [-0.15, -0.1) is 11.8 Å². The highest BCUT2D eigenvalue weighted by Gasteiger charge is 2.11. The molecule has 1 nitrogen and oxygen atoms in total. The lowest BCUT2D eigenvalue weighted by atomic mass is 10.3. The summed E-state index contributed by atoms with van der Waals surface area (Å²) in [4.78, 5) is 0. The van der Waals surface area contributed by atoms with Gasteiger partial charge in [-0.1, -0.05) is 13.3 Å². The third-order valence-electron chi connectivity index (χ3n) is 1.19. The average Bonchev–Trinajstić information content (AvgIpc) is 2.19. The summed E-state index contributed by atoms with van der Waals surface area (Å²) in [5.41, 5.74) is 0. The summed E-state index contributed by atoms with van der Waals surface area (Å²) in [5.74, 6) is 1.28. The van der Waals surface area contributed by atoms with Gasteiger partial charge in [0.1, 0.15) is 0 Å². The molecule has 0 aromatic heterocycles. The number of hydrogen-bond donors (Lipinski definition) is 1. The van der Waals surface area contributed by atoms with Crippen LogP contribution in [0, 0.1) is 6.42 Å². The Morgan fingerprint density at radius 3 is 3.25 bits per heavy atom. The van der Waals surface area contributed by atoms with Crippen LogP contribution in [0.4, 0.5) is 0 Å². The second-order valence-corrected chi connectivity index (χ2v) is 3.14. The molecule has 0 amide bonds. The normalized spacial score (nSPS) is 28.9. The van der Waals surface area contributed by atoms with E-state index in [0.29, 0.717) is 5.37 Å². The molecule has 1 fully saturated rings. The first-order valence-corrected chi connectivity index (χ1v) is 4.16. The van der Waals surface area contributed by atoms with Crippen molar-refractivity contribution in [1.29, 1.82) is 0 Å². The van der Waals surface area contributed by atoms with Crippen molar-refractivity contribution in [2.75, 3.05) is 12.3 Å². The Hall–Kier alpha value is 0.310. The van der Waals surface area contributed by atoms with Crippen LogP contribution in [0.1, 0.15) is 13.3 Å². The molecule has 0 aromatic rings. The molecule has 1 saturated heterocycles. The van der Waals surface area contributed by atoms with Crippen LogP contribution in [-0.2, 0) is 0 Å². The minimum atomic E-state index is 0.653. The van der Waals surface area contributed by atoms with Crippen LogP contribution >= 0.6 is 11.8 Å². The van der Waals surface area contributed by atoms with Crippen LogP contribution in [-0.4, -0.2) is 17.7 Å². The molecule has 0 spiro atoms. The van der Waals surface area contributed by atoms with Crippen LogP contribution in [0.5, 0.6) is 0 Å². The van der Waals surface area contributed by atoms with Crippen molar-refractivity contribution in [3.63, 3.8) is 0 Å². The lowest BCUT2D eigenvalue weighted by Crippen LogP contribution is -2.19. The zero-order valence-corrected chi connectivity index (χ0v) is 6.00. The van der Waals surface area contributed by atoms with E-state index in [2.05, 4.69) is 18.7 Å². The maximum atomic E-state index is 3.36. The highest BCUT2D eigenvalue weighted by molar-refractivity contribution is 8.00. The van der Waals surface area contributed by atoms with Crippen molar-refractivity contribution in [2.45, 2.75) is 18.7 Å². The van der Waals surface area contributed by atoms with Gasteiger partial charge in [0, 0.05) is 12.3 Å². The zero-order valence-electron chi connectivity index (χ0n) is 5.18. The molecule has 1 aliphatic heterocycles. The molecule has 1 radical (unpaired) electrons. The fourth-order valence-corrected chi connectivity index (χ4v) is 1.87. The third kappa shape index (κ3) is 1.67. The topological polar surface area (TPSA) is 12.0 Å². The first-order chi connectivity index (χ1) is 3.93. The van der Waals surface area contributed by atoms with Gasteiger partial charge < -0.3 is 5.32 Å². The van der Waals surface area contributed by atoms with Gasteiger partial charge in [0.05, 0.1) is 5.37 Å². The third-order valence-corrected chi connectivity index (χ3v) is 2.35. The minimum absolute atomic E-state index is 0.653. The SMILES string of the molecule is CC[CH]C1NCCS1. The molecule has 47 valence electrons. The number of rotatable bonds is 2. The molecule has 8 heavy (non-hydrogen) atoms. The van der Waals surface area contributed by atoms with E-state index in [-0.39, 0.29) is 0 Å². The van der Waals surface area contributed by atoms with Gasteiger partial charge in [0.15, 0.2) is 0 Å². The second-order valence-electron chi connectivity index (χ2n) is 1.89. The highest BCUT2D eigenvalue weighted by atomic mass is 32.2. The summed E-state index contributed by atoms with van der Waals surface area (Å²) in [6.07, 6.45) is 3.50. The van der Waals surface area contributed by atoms with E-state index in [1.165, 1.54) is 18.7 Å². The molecule has 0 aliphatic carbocycles. The monoisotopic (exact) mass is 130 g/mol. The lowest BCUT2D eigenvalue weighted by molar-refractivity contribution is 0.751. The van der Waals surface area contributed by atoms with Crippen LogP contribution in [0.15, 0.2) is 0 Å². The Kier molecular flexibility index (Phi) is 2.70. The summed E-state index contributed by atoms with van der Waals surface area (Å²) < 4.78 is 0. The van der Waals surface area contributed by atoms with Gasteiger partial charge in [-0.2, -0.15) is 0 Å². The molecule has 1 atom stereocenters. The van der Waals surface area contributed by atoms with Crippen molar-refractivity contribution in [1.82, 2.24) is 5.32 Å². The van der Waals surface area contributed by atoms with E-state index in [1.54, 1.807) is 0 Å². The molecule has 0 aromatic carbocycles. The zero-order chi connectivity index (χ0) is 5.82. The predicted molar refractivity (Wildman–Crippen MR) is 38.8 cm³/mol. The van der Waals surface area contributed by atoms with Gasteiger partial charge in [0.25, 0.3) is 0 Å². The van der Waals surface area contributed by atoms with E-state index < -0.39 is 0 Å². The van der Waals surface area contributed by atoms with Crippen molar-refractivity contribution >= 4 is 11.8 Å². The first-order valence-electron chi connectivity index (χ1n) is 3.12. The van der Waals surface area contributed by atoms with E-state index in [4.69, 9.17) is 0 Å². The quantitative estimate of drug-likeness (QED) is 0.604. The molecular weight excluding hydrogens is 118 g/mol. The fourth-order valence-electron chi connectivity index (χ4n) is 0.811. The molecule has 0 saturated carbocycles. The summed E-state index contributed by atoms with van der Waals surface area (Å²) in [6, 6.07) is 0. The Morgan fingerprint density at radius 1 is 1.88 bits per heavy atom. The van der Waals surface area contributed by atoms with E-state index >= 15 is 0 Å². The molecule has 1 aliphatic rings. The number of nitrogens with one attached hydrogen (secondary N) is 1. The summed E-state index contributed by atoms with van der Waals surface area (Å²) in [6.45, 7) is 3.37. The molecule has 1 rings (SSSR count). The van der Waals surface area contributed by atoms with Gasteiger partial charge in [-0.05, 0) is 6.42 Å². The smallest absolute Gasteiger partial charge is 0.0564 e. The molecule has 1 N–H and O–H groups in total. The fraction of sp³-hybridized carbons (Fsp3) is 0.833. The summed E-state index contributed by atoms with van der Waals surface area (Å²) in [5, 5.41) is 4.02. The maximum absolute atomic E-state index is 3.36. The minimum Gasteiger partial charge on any atom is -0.304 e. The van der Waals surface area contributed by atoms with Crippen LogP contribution in [0.3, 0.4) is 0 Å². The largest absolute Gasteiger partial charge is 0.304 e. The van der Waals surface area contributed by atoms with Crippen LogP contribution < -0.4 is 5.32 Å². The van der Waals surface area contributed by atoms with E-state index in [1.807, 2.05) is 11.8 Å². The molecule has 1 unspecified atom stereocenters. The van der Waals surface area contributed by atoms with E-state index in [0.717, 1.165) is 0 Å². The Bertz CT molecular complexity index is 59.5. The Labute approximate surface area is 55.2 Å². The average molecular weight is 130 g/mol. The molecule has 2 heteroatoms. The number of thioether (sulfide) groups is 1. The maximum Gasteiger partial charge on any atom is 0.0564 e. The first kappa shape index (κ1) is 6.43. The summed E-state index contributed by atoms with van der Waals surface area (Å²) in [7, 11) is 0. The van der Waals surface area contributed by atoms with Gasteiger partial charge in [-0.3, -0.25) is 0 Å². The molecular formula is C6H12NS. The predicted octanol–water partition coefficient (Wildman–Crippen LogP) is 1.26. The lowest BCUT2D eigenvalue weighted by Gasteiger charge is -2.04. The van der Waals surface area contributed by atoms with E-state index in [9.17, 15) is 0 Å². The van der Waals surface area contributed by atoms with Crippen molar-refractivity contribution in [3.8, 4) is 0 Å². The molecule has 0 bridgehead atoms. The Balaban J connectivity index is 2.06. The van der Waals surface area contributed by atoms with Crippen molar-refractivity contribution in [2.24, 2.45) is 0 Å². The second kappa shape index (κ2) is 3.36. The van der Waals surface area contributed by atoms with Gasteiger partial charge in [0.2, 0.25) is 0 Å². The summed E-state index contributed by atoms with van der Waals surface area (Å²) >= 11 is 2.00. The van der Waals surface area contributed by atoms with Crippen LogP contribution in [0.25, 0.3) is 0 Å². The highest BCUT2D eigenvalue weighted by Crippen LogP contribution is 2.16.